The summed E-state index contributed by atoms with van der Waals surface area (Å²) in [5.41, 5.74) is 0.203. The number of nitrogens with one attached hydrogen (secondary N) is 1. The van der Waals surface area contributed by atoms with Crippen LogP contribution in [0.15, 0.2) is 0 Å². The molecular formula is C20H34N2O4. The van der Waals surface area contributed by atoms with Gasteiger partial charge in [-0.1, -0.05) is 0 Å². The van der Waals surface area contributed by atoms with Gasteiger partial charge in [0.05, 0.1) is 13.2 Å². The molecule has 1 unspecified atom stereocenters. The summed E-state index contributed by atoms with van der Waals surface area (Å²) in [6, 6.07) is 0.0547. The van der Waals surface area contributed by atoms with Crippen LogP contribution in [0.25, 0.3) is 0 Å². The summed E-state index contributed by atoms with van der Waals surface area (Å²) >= 11 is 0. The topological polar surface area (TPSA) is 67.9 Å². The lowest BCUT2D eigenvalue weighted by molar-refractivity contribution is -0.148. The standard InChI is InChI=1S/C20H34N2O4/c1-14(20-11-15-8-16(12-20)10-17(9-15)13-20)21-18(23)19(24)22(4-6-25-2)5-7-26-3/h14-17H,4-13H2,1-3H3,(H,21,23). The van der Waals surface area contributed by atoms with Crippen LogP contribution in [0.5, 0.6) is 0 Å². The Morgan fingerprint density at radius 1 is 1.00 bits per heavy atom. The predicted octanol–water partition coefficient (Wildman–Crippen LogP) is 1.83. The molecule has 0 spiro atoms. The zero-order valence-corrected chi connectivity index (χ0v) is 16.5. The molecule has 0 saturated heterocycles. The summed E-state index contributed by atoms with van der Waals surface area (Å²) in [6.45, 7) is 3.73. The Labute approximate surface area is 157 Å². The molecule has 4 saturated carbocycles. The normalized spacial score (nSPS) is 33.1. The van der Waals surface area contributed by atoms with Crippen molar-refractivity contribution in [3.05, 3.63) is 0 Å². The highest BCUT2D eigenvalue weighted by atomic mass is 16.5. The minimum atomic E-state index is -0.486. The van der Waals surface area contributed by atoms with E-state index in [2.05, 4.69) is 12.2 Å². The molecule has 0 aromatic heterocycles. The first-order chi connectivity index (χ1) is 12.5. The molecule has 6 heteroatoms. The second kappa shape index (κ2) is 8.26. The molecule has 1 N–H and O–H groups in total. The number of rotatable bonds is 8. The largest absolute Gasteiger partial charge is 0.383 e. The zero-order chi connectivity index (χ0) is 18.7. The zero-order valence-electron chi connectivity index (χ0n) is 16.5. The van der Waals surface area contributed by atoms with Gasteiger partial charge < -0.3 is 19.7 Å². The van der Waals surface area contributed by atoms with Crippen molar-refractivity contribution in [2.45, 2.75) is 51.5 Å². The van der Waals surface area contributed by atoms with Crippen LogP contribution in [0, 0.1) is 23.2 Å². The molecule has 0 aliphatic heterocycles. The molecule has 4 aliphatic carbocycles. The van der Waals surface area contributed by atoms with E-state index in [1.165, 1.54) is 43.4 Å². The smallest absolute Gasteiger partial charge is 0.312 e. The van der Waals surface area contributed by atoms with Crippen LogP contribution >= 0.6 is 0 Å². The third-order valence-corrected chi connectivity index (χ3v) is 6.96. The Morgan fingerprint density at radius 2 is 1.46 bits per heavy atom. The van der Waals surface area contributed by atoms with E-state index in [0.717, 1.165) is 17.8 Å². The fraction of sp³-hybridized carbons (Fsp3) is 0.900. The summed E-state index contributed by atoms with van der Waals surface area (Å²) in [5.74, 6) is 1.53. The van der Waals surface area contributed by atoms with E-state index >= 15 is 0 Å². The third kappa shape index (κ3) is 4.06. The molecule has 0 heterocycles. The number of ether oxygens (including phenoxy) is 2. The maximum Gasteiger partial charge on any atom is 0.312 e. The number of carbonyl (C=O) groups is 2. The summed E-state index contributed by atoms with van der Waals surface area (Å²) in [5, 5.41) is 3.06. The summed E-state index contributed by atoms with van der Waals surface area (Å²) < 4.78 is 10.1. The molecule has 4 aliphatic rings. The van der Waals surface area contributed by atoms with Gasteiger partial charge in [0.25, 0.3) is 0 Å². The molecule has 4 fully saturated rings. The molecule has 148 valence electrons. The van der Waals surface area contributed by atoms with E-state index in [-0.39, 0.29) is 11.5 Å². The van der Waals surface area contributed by atoms with Crippen LogP contribution in [0.2, 0.25) is 0 Å². The van der Waals surface area contributed by atoms with Crippen LogP contribution < -0.4 is 5.32 Å². The van der Waals surface area contributed by atoms with Crippen molar-refractivity contribution in [3.8, 4) is 0 Å². The van der Waals surface area contributed by atoms with Gasteiger partial charge in [-0.25, -0.2) is 0 Å². The average molecular weight is 367 g/mol. The average Bonchev–Trinajstić information content (AvgIpc) is 2.60. The predicted molar refractivity (Wildman–Crippen MR) is 98.5 cm³/mol. The minimum Gasteiger partial charge on any atom is -0.383 e. The molecule has 6 nitrogen and oxygen atoms in total. The number of carbonyl (C=O) groups excluding carboxylic acids is 2. The Bertz CT molecular complexity index is 479. The highest BCUT2D eigenvalue weighted by Crippen LogP contribution is 2.61. The second-order valence-corrected chi connectivity index (χ2v) is 8.75. The first-order valence-corrected chi connectivity index (χ1v) is 10.0. The fourth-order valence-corrected chi connectivity index (χ4v) is 5.98. The van der Waals surface area contributed by atoms with Crippen LogP contribution in [-0.2, 0) is 19.1 Å². The van der Waals surface area contributed by atoms with Crippen molar-refractivity contribution in [2.24, 2.45) is 23.2 Å². The van der Waals surface area contributed by atoms with Crippen LogP contribution in [0.3, 0.4) is 0 Å². The lowest BCUT2D eigenvalue weighted by Gasteiger charge is -2.59. The second-order valence-electron chi connectivity index (χ2n) is 8.75. The molecule has 0 radical (unpaired) electrons. The maximum absolute atomic E-state index is 12.6. The van der Waals surface area contributed by atoms with Gasteiger partial charge in [-0.05, 0) is 68.6 Å². The summed E-state index contributed by atoms with van der Waals surface area (Å²) in [6.07, 6.45) is 7.77. The van der Waals surface area contributed by atoms with Gasteiger partial charge in [-0.3, -0.25) is 9.59 Å². The minimum absolute atomic E-state index is 0.0547. The van der Waals surface area contributed by atoms with Gasteiger partial charge in [0.2, 0.25) is 0 Å². The highest BCUT2D eigenvalue weighted by molar-refractivity contribution is 6.35. The van der Waals surface area contributed by atoms with E-state index < -0.39 is 11.8 Å². The number of hydrogen-bond acceptors (Lipinski definition) is 4. The third-order valence-electron chi connectivity index (χ3n) is 6.96. The van der Waals surface area contributed by atoms with Gasteiger partial charge in [-0.2, -0.15) is 0 Å². The van der Waals surface area contributed by atoms with Crippen molar-refractivity contribution in [3.63, 3.8) is 0 Å². The quantitative estimate of drug-likeness (QED) is 0.666. The summed E-state index contributed by atoms with van der Waals surface area (Å²) in [4.78, 5) is 26.8. The number of amides is 2. The Balaban J connectivity index is 1.60. The Morgan fingerprint density at radius 3 is 1.88 bits per heavy atom. The molecule has 4 rings (SSSR count). The van der Waals surface area contributed by atoms with E-state index in [1.54, 1.807) is 14.2 Å². The first kappa shape index (κ1) is 19.6. The van der Waals surface area contributed by atoms with Gasteiger partial charge >= 0.3 is 11.8 Å². The Kier molecular flexibility index (Phi) is 6.23. The van der Waals surface area contributed by atoms with Gasteiger partial charge in [0, 0.05) is 33.4 Å². The van der Waals surface area contributed by atoms with Crippen LogP contribution in [0.1, 0.15) is 45.4 Å². The van der Waals surface area contributed by atoms with Crippen LogP contribution in [-0.4, -0.2) is 63.3 Å². The molecule has 4 bridgehead atoms. The van der Waals surface area contributed by atoms with Crippen molar-refractivity contribution in [1.82, 2.24) is 10.2 Å². The molecule has 26 heavy (non-hydrogen) atoms. The molecule has 2 amide bonds. The monoisotopic (exact) mass is 366 g/mol. The van der Waals surface area contributed by atoms with Crippen molar-refractivity contribution < 1.29 is 19.1 Å². The highest BCUT2D eigenvalue weighted by Gasteiger charge is 2.53. The van der Waals surface area contributed by atoms with Crippen molar-refractivity contribution in [2.75, 3.05) is 40.5 Å². The molecule has 0 aromatic carbocycles. The Hall–Kier alpha value is -1.14. The molecule has 1 atom stereocenters. The lowest BCUT2D eigenvalue weighted by atomic mass is 9.48. The van der Waals surface area contributed by atoms with E-state index in [4.69, 9.17) is 9.47 Å². The van der Waals surface area contributed by atoms with E-state index in [0.29, 0.717) is 26.3 Å². The number of nitrogens with zero attached hydrogens (tertiary/aromatic N) is 1. The summed E-state index contributed by atoms with van der Waals surface area (Å²) in [7, 11) is 3.18. The van der Waals surface area contributed by atoms with Crippen molar-refractivity contribution in [1.29, 1.82) is 0 Å². The van der Waals surface area contributed by atoms with Gasteiger partial charge in [0.1, 0.15) is 0 Å². The molecule has 0 aromatic rings. The first-order valence-electron chi connectivity index (χ1n) is 10.0. The van der Waals surface area contributed by atoms with E-state index in [9.17, 15) is 9.59 Å². The van der Waals surface area contributed by atoms with Crippen molar-refractivity contribution >= 4 is 11.8 Å². The van der Waals surface area contributed by atoms with Gasteiger partial charge in [0.15, 0.2) is 0 Å². The maximum atomic E-state index is 12.6. The van der Waals surface area contributed by atoms with Gasteiger partial charge in [-0.15, -0.1) is 0 Å². The van der Waals surface area contributed by atoms with Crippen LogP contribution in [0.4, 0.5) is 0 Å². The number of hydrogen-bond donors (Lipinski definition) is 1. The van der Waals surface area contributed by atoms with E-state index in [1.807, 2.05) is 0 Å². The fourth-order valence-electron chi connectivity index (χ4n) is 5.98. The molecular weight excluding hydrogens is 332 g/mol. The lowest BCUT2D eigenvalue weighted by Crippen LogP contribution is -2.57. The number of methoxy groups -OCH3 is 2. The SMILES string of the molecule is COCCN(CCOC)C(=O)C(=O)NC(C)C12CC3CC(CC(C3)C1)C2.